The van der Waals surface area contributed by atoms with Crippen LogP contribution in [0.4, 0.5) is 0 Å². The van der Waals surface area contributed by atoms with Crippen LogP contribution in [0.5, 0.6) is 0 Å². The molecule has 0 aliphatic heterocycles. The van der Waals surface area contributed by atoms with Gasteiger partial charge < -0.3 is 15.0 Å². The summed E-state index contributed by atoms with van der Waals surface area (Å²) in [5, 5.41) is 3.53. The summed E-state index contributed by atoms with van der Waals surface area (Å²) in [4.78, 5) is 14.9. The van der Waals surface area contributed by atoms with Gasteiger partial charge in [0.05, 0.1) is 7.11 Å². The summed E-state index contributed by atoms with van der Waals surface area (Å²) in [6.45, 7) is 4.14. The molecule has 2 saturated carbocycles. The van der Waals surface area contributed by atoms with E-state index in [2.05, 4.69) is 24.2 Å². The molecule has 0 aromatic heterocycles. The van der Waals surface area contributed by atoms with Gasteiger partial charge in [0.2, 0.25) is 0 Å². The highest BCUT2D eigenvalue weighted by Crippen LogP contribution is 2.39. The SMILES string of the molecule is CCCNC1(C(=O)OC)CCCC1CCN(C)C1CCC1. The normalized spacial score (nSPS) is 29.6. The van der Waals surface area contributed by atoms with Crippen LogP contribution in [0.25, 0.3) is 0 Å². The van der Waals surface area contributed by atoms with Gasteiger partial charge in [0, 0.05) is 6.04 Å². The Morgan fingerprint density at radius 3 is 2.67 bits per heavy atom. The van der Waals surface area contributed by atoms with E-state index in [4.69, 9.17) is 4.74 Å². The molecule has 0 aromatic rings. The Kier molecular flexibility index (Phi) is 6.06. The Bertz CT molecular complexity index is 344. The number of methoxy groups -OCH3 is 1. The van der Waals surface area contributed by atoms with Crippen LogP contribution < -0.4 is 5.32 Å². The maximum atomic E-state index is 12.4. The molecular weight excluding hydrogens is 264 g/mol. The number of carbonyl (C=O) groups is 1. The fraction of sp³-hybridized carbons (Fsp3) is 0.941. The average Bonchev–Trinajstić information content (AvgIpc) is 2.84. The third-order valence-electron chi connectivity index (χ3n) is 5.59. The number of nitrogens with zero attached hydrogens (tertiary/aromatic N) is 1. The predicted octanol–water partition coefficient (Wildman–Crippen LogP) is 2.57. The summed E-state index contributed by atoms with van der Waals surface area (Å²) in [6.07, 6.45) is 9.41. The van der Waals surface area contributed by atoms with Gasteiger partial charge in [-0.2, -0.15) is 0 Å². The average molecular weight is 296 g/mol. The standard InChI is InChI=1S/C17H32N2O2/c1-4-12-18-17(16(20)21-3)11-6-7-14(17)10-13-19(2)15-8-5-9-15/h14-15,18H,4-13H2,1-3H3. The van der Waals surface area contributed by atoms with Crippen LogP contribution in [0.3, 0.4) is 0 Å². The van der Waals surface area contributed by atoms with Crippen LogP contribution in [-0.4, -0.2) is 49.7 Å². The van der Waals surface area contributed by atoms with Gasteiger partial charge in [0.25, 0.3) is 0 Å². The molecule has 0 aromatic carbocycles. The Balaban J connectivity index is 1.95. The fourth-order valence-corrected chi connectivity index (χ4v) is 3.94. The maximum absolute atomic E-state index is 12.4. The van der Waals surface area contributed by atoms with Crippen molar-refractivity contribution in [1.82, 2.24) is 10.2 Å². The number of hydrogen-bond acceptors (Lipinski definition) is 4. The van der Waals surface area contributed by atoms with Crippen molar-refractivity contribution in [1.29, 1.82) is 0 Å². The van der Waals surface area contributed by atoms with E-state index in [-0.39, 0.29) is 5.97 Å². The predicted molar refractivity (Wildman–Crippen MR) is 85.3 cm³/mol. The van der Waals surface area contributed by atoms with Crippen molar-refractivity contribution in [2.24, 2.45) is 5.92 Å². The molecular formula is C17H32N2O2. The molecule has 0 spiro atoms. The molecule has 4 heteroatoms. The molecule has 0 radical (unpaired) electrons. The Morgan fingerprint density at radius 2 is 2.10 bits per heavy atom. The van der Waals surface area contributed by atoms with Crippen LogP contribution in [0.1, 0.15) is 58.3 Å². The Labute approximate surface area is 129 Å². The Hall–Kier alpha value is -0.610. The molecule has 0 bridgehead atoms. The van der Waals surface area contributed by atoms with E-state index in [1.165, 1.54) is 26.4 Å². The zero-order valence-electron chi connectivity index (χ0n) is 14.0. The molecule has 122 valence electrons. The molecule has 0 saturated heterocycles. The van der Waals surface area contributed by atoms with Crippen molar-refractivity contribution >= 4 is 5.97 Å². The molecule has 1 N–H and O–H groups in total. The molecule has 0 amide bonds. The van der Waals surface area contributed by atoms with Crippen molar-refractivity contribution in [3.63, 3.8) is 0 Å². The molecule has 2 atom stereocenters. The second-order valence-electron chi connectivity index (χ2n) is 6.83. The molecule has 21 heavy (non-hydrogen) atoms. The number of nitrogens with one attached hydrogen (secondary N) is 1. The minimum atomic E-state index is -0.425. The minimum Gasteiger partial charge on any atom is -0.468 e. The van der Waals surface area contributed by atoms with E-state index in [1.54, 1.807) is 0 Å². The van der Waals surface area contributed by atoms with Gasteiger partial charge in [-0.15, -0.1) is 0 Å². The molecule has 0 heterocycles. The van der Waals surface area contributed by atoms with Gasteiger partial charge in [-0.05, 0) is 64.6 Å². The van der Waals surface area contributed by atoms with Crippen molar-refractivity contribution in [2.75, 3.05) is 27.2 Å². The third kappa shape index (κ3) is 3.59. The molecule has 2 rings (SSSR count). The number of esters is 1. The minimum absolute atomic E-state index is 0.0512. The van der Waals surface area contributed by atoms with Crippen molar-refractivity contribution in [2.45, 2.75) is 69.9 Å². The monoisotopic (exact) mass is 296 g/mol. The Morgan fingerprint density at radius 1 is 1.33 bits per heavy atom. The van der Waals surface area contributed by atoms with E-state index in [1.807, 2.05) is 0 Å². The molecule has 4 nitrogen and oxygen atoms in total. The lowest BCUT2D eigenvalue weighted by molar-refractivity contribution is -0.150. The highest BCUT2D eigenvalue weighted by molar-refractivity contribution is 5.81. The van der Waals surface area contributed by atoms with E-state index < -0.39 is 5.54 Å². The fourth-order valence-electron chi connectivity index (χ4n) is 3.94. The van der Waals surface area contributed by atoms with Crippen LogP contribution in [0.2, 0.25) is 0 Å². The number of rotatable bonds is 8. The number of ether oxygens (including phenoxy) is 1. The van der Waals surface area contributed by atoms with Gasteiger partial charge in [-0.1, -0.05) is 19.8 Å². The first-order chi connectivity index (χ1) is 10.1. The van der Waals surface area contributed by atoms with Crippen LogP contribution in [0, 0.1) is 5.92 Å². The molecule has 2 unspecified atom stereocenters. The molecule has 2 aliphatic carbocycles. The van der Waals surface area contributed by atoms with E-state index in [9.17, 15) is 4.79 Å². The van der Waals surface area contributed by atoms with E-state index in [0.717, 1.165) is 51.2 Å². The molecule has 2 fully saturated rings. The maximum Gasteiger partial charge on any atom is 0.326 e. The van der Waals surface area contributed by atoms with Gasteiger partial charge >= 0.3 is 5.97 Å². The number of carbonyl (C=O) groups excluding carboxylic acids is 1. The quantitative estimate of drug-likeness (QED) is 0.699. The summed E-state index contributed by atoms with van der Waals surface area (Å²) in [5.74, 6) is 0.365. The lowest BCUT2D eigenvalue weighted by atomic mass is 9.83. The van der Waals surface area contributed by atoms with E-state index in [0.29, 0.717) is 5.92 Å². The number of hydrogen-bond donors (Lipinski definition) is 1. The van der Waals surface area contributed by atoms with Crippen molar-refractivity contribution < 1.29 is 9.53 Å². The first kappa shape index (κ1) is 16.8. The second-order valence-corrected chi connectivity index (χ2v) is 6.83. The lowest BCUT2D eigenvalue weighted by Gasteiger charge is -2.38. The highest BCUT2D eigenvalue weighted by Gasteiger charge is 2.49. The van der Waals surface area contributed by atoms with Gasteiger partial charge in [0.15, 0.2) is 0 Å². The summed E-state index contributed by atoms with van der Waals surface area (Å²) in [5.41, 5.74) is -0.425. The third-order valence-corrected chi connectivity index (χ3v) is 5.59. The molecule has 2 aliphatic rings. The van der Waals surface area contributed by atoms with Crippen molar-refractivity contribution in [3.8, 4) is 0 Å². The summed E-state index contributed by atoms with van der Waals surface area (Å²) < 4.78 is 5.14. The summed E-state index contributed by atoms with van der Waals surface area (Å²) in [7, 11) is 3.76. The smallest absolute Gasteiger partial charge is 0.326 e. The van der Waals surface area contributed by atoms with Crippen molar-refractivity contribution in [3.05, 3.63) is 0 Å². The van der Waals surface area contributed by atoms with Crippen LogP contribution in [-0.2, 0) is 9.53 Å². The van der Waals surface area contributed by atoms with E-state index >= 15 is 0 Å². The van der Waals surface area contributed by atoms with Gasteiger partial charge in [0.1, 0.15) is 5.54 Å². The van der Waals surface area contributed by atoms with Gasteiger partial charge in [-0.25, -0.2) is 0 Å². The zero-order chi connectivity index (χ0) is 15.3. The zero-order valence-corrected chi connectivity index (χ0v) is 14.0. The first-order valence-electron chi connectivity index (χ1n) is 8.67. The van der Waals surface area contributed by atoms with Crippen LogP contribution >= 0.6 is 0 Å². The second kappa shape index (κ2) is 7.59. The lowest BCUT2D eigenvalue weighted by Crippen LogP contribution is -2.56. The highest BCUT2D eigenvalue weighted by atomic mass is 16.5. The topological polar surface area (TPSA) is 41.6 Å². The summed E-state index contributed by atoms with van der Waals surface area (Å²) in [6, 6.07) is 0.780. The van der Waals surface area contributed by atoms with Gasteiger partial charge in [-0.3, -0.25) is 4.79 Å². The largest absolute Gasteiger partial charge is 0.468 e. The van der Waals surface area contributed by atoms with Crippen LogP contribution in [0.15, 0.2) is 0 Å². The summed E-state index contributed by atoms with van der Waals surface area (Å²) >= 11 is 0. The first-order valence-corrected chi connectivity index (χ1v) is 8.67.